The topological polar surface area (TPSA) is 42.2 Å². The lowest BCUT2D eigenvalue weighted by Crippen LogP contribution is -2.15. The summed E-state index contributed by atoms with van der Waals surface area (Å²) in [5.74, 6) is -0.0624. The molecule has 0 spiro atoms. The van der Waals surface area contributed by atoms with E-state index in [9.17, 15) is 4.39 Å². The van der Waals surface area contributed by atoms with Gasteiger partial charge in [-0.1, -0.05) is 12.1 Å². The summed E-state index contributed by atoms with van der Waals surface area (Å²) in [6.45, 7) is 2.17. The van der Waals surface area contributed by atoms with Gasteiger partial charge in [0.15, 0.2) is 11.6 Å². The quantitative estimate of drug-likeness (QED) is 0.904. The summed E-state index contributed by atoms with van der Waals surface area (Å²) in [7, 11) is 1.79. The summed E-state index contributed by atoms with van der Waals surface area (Å²) in [5.41, 5.74) is 7.99. The van der Waals surface area contributed by atoms with E-state index < -0.39 is 0 Å². The zero-order valence-corrected chi connectivity index (χ0v) is 10.5. The van der Waals surface area contributed by atoms with E-state index in [1.54, 1.807) is 24.2 Å². The van der Waals surface area contributed by atoms with Crippen LogP contribution in [0.25, 0.3) is 0 Å². The first-order valence-corrected chi connectivity index (χ1v) is 5.77. The summed E-state index contributed by atoms with van der Waals surface area (Å²) >= 11 is 0. The second-order valence-corrected chi connectivity index (χ2v) is 4.21. The van der Waals surface area contributed by atoms with E-state index in [4.69, 9.17) is 5.73 Å². The fourth-order valence-corrected chi connectivity index (χ4v) is 1.82. The van der Waals surface area contributed by atoms with Crippen LogP contribution in [0.2, 0.25) is 0 Å². The molecule has 1 heterocycles. The summed E-state index contributed by atoms with van der Waals surface area (Å²) in [6, 6.07) is 9.44. The molecule has 0 fully saturated rings. The van der Waals surface area contributed by atoms with Crippen molar-refractivity contribution in [2.75, 3.05) is 11.9 Å². The van der Waals surface area contributed by atoms with Gasteiger partial charge in [0.1, 0.15) is 0 Å². The standard InChI is InChI=1S/C14H16FN3/c1-10-4-3-5-12(8-10)18(2)14-13(15)11(9-16)6-7-17-14/h3-8H,9,16H2,1-2H3. The van der Waals surface area contributed by atoms with E-state index in [0.29, 0.717) is 11.4 Å². The third-order valence-electron chi connectivity index (χ3n) is 2.88. The van der Waals surface area contributed by atoms with Crippen LogP contribution in [0.15, 0.2) is 36.5 Å². The molecule has 1 aromatic carbocycles. The fraction of sp³-hybridized carbons (Fsp3) is 0.214. The lowest BCUT2D eigenvalue weighted by molar-refractivity contribution is 0.604. The molecule has 0 radical (unpaired) electrons. The summed E-state index contributed by atoms with van der Waals surface area (Å²) in [4.78, 5) is 5.81. The molecule has 94 valence electrons. The zero-order chi connectivity index (χ0) is 13.1. The Balaban J connectivity index is 2.43. The molecule has 0 aliphatic rings. The number of aromatic nitrogens is 1. The highest BCUT2D eigenvalue weighted by Crippen LogP contribution is 2.26. The van der Waals surface area contributed by atoms with Gasteiger partial charge in [0.25, 0.3) is 0 Å². The van der Waals surface area contributed by atoms with Crippen LogP contribution in [0.5, 0.6) is 0 Å². The van der Waals surface area contributed by atoms with Gasteiger partial charge in [-0.15, -0.1) is 0 Å². The Bertz CT molecular complexity index is 554. The van der Waals surface area contributed by atoms with Gasteiger partial charge in [-0.2, -0.15) is 0 Å². The molecule has 0 saturated heterocycles. The Morgan fingerprint density at radius 2 is 2.11 bits per heavy atom. The highest BCUT2D eigenvalue weighted by molar-refractivity contribution is 5.60. The smallest absolute Gasteiger partial charge is 0.170 e. The van der Waals surface area contributed by atoms with Gasteiger partial charge >= 0.3 is 0 Å². The van der Waals surface area contributed by atoms with Crippen LogP contribution in [0, 0.1) is 12.7 Å². The van der Waals surface area contributed by atoms with Gasteiger partial charge in [0.05, 0.1) is 0 Å². The van der Waals surface area contributed by atoms with Crippen LogP contribution in [0.3, 0.4) is 0 Å². The zero-order valence-electron chi connectivity index (χ0n) is 10.5. The number of aryl methyl sites for hydroxylation is 1. The number of anilines is 2. The molecule has 0 aliphatic heterocycles. The predicted octanol–water partition coefficient (Wildman–Crippen LogP) is 2.76. The second-order valence-electron chi connectivity index (χ2n) is 4.21. The molecule has 1 aromatic heterocycles. The highest BCUT2D eigenvalue weighted by atomic mass is 19.1. The number of pyridine rings is 1. The fourth-order valence-electron chi connectivity index (χ4n) is 1.82. The van der Waals surface area contributed by atoms with Crippen LogP contribution in [-0.2, 0) is 6.54 Å². The largest absolute Gasteiger partial charge is 0.327 e. The van der Waals surface area contributed by atoms with Crippen LogP contribution in [0.4, 0.5) is 15.9 Å². The average Bonchev–Trinajstić information content (AvgIpc) is 2.38. The van der Waals surface area contributed by atoms with Crippen LogP contribution < -0.4 is 10.6 Å². The first-order valence-electron chi connectivity index (χ1n) is 5.77. The minimum absolute atomic E-state index is 0.170. The van der Waals surface area contributed by atoms with Crippen molar-refractivity contribution in [3.63, 3.8) is 0 Å². The SMILES string of the molecule is Cc1cccc(N(C)c2nccc(CN)c2F)c1. The number of halogens is 1. The Morgan fingerprint density at radius 3 is 2.78 bits per heavy atom. The molecular weight excluding hydrogens is 229 g/mol. The molecule has 3 nitrogen and oxygen atoms in total. The van der Waals surface area contributed by atoms with E-state index in [1.165, 1.54) is 0 Å². The lowest BCUT2D eigenvalue weighted by atomic mass is 10.2. The van der Waals surface area contributed by atoms with Gasteiger partial charge in [0, 0.05) is 31.0 Å². The average molecular weight is 245 g/mol. The number of nitrogens with zero attached hydrogens (tertiary/aromatic N) is 2. The molecule has 2 rings (SSSR count). The van der Waals surface area contributed by atoms with Crippen molar-refractivity contribution < 1.29 is 4.39 Å². The third-order valence-corrected chi connectivity index (χ3v) is 2.88. The van der Waals surface area contributed by atoms with Gasteiger partial charge in [-0.25, -0.2) is 9.37 Å². The third kappa shape index (κ3) is 2.33. The van der Waals surface area contributed by atoms with Crippen molar-refractivity contribution in [2.24, 2.45) is 5.73 Å². The molecule has 0 atom stereocenters. The summed E-state index contributed by atoms with van der Waals surface area (Å²) in [6.07, 6.45) is 1.58. The van der Waals surface area contributed by atoms with Gasteiger partial charge in [-0.05, 0) is 30.7 Å². The summed E-state index contributed by atoms with van der Waals surface area (Å²) < 4.78 is 14.1. The highest BCUT2D eigenvalue weighted by Gasteiger charge is 2.13. The van der Waals surface area contributed by atoms with Crippen molar-refractivity contribution in [2.45, 2.75) is 13.5 Å². The second kappa shape index (κ2) is 5.14. The molecule has 18 heavy (non-hydrogen) atoms. The van der Waals surface area contributed by atoms with E-state index in [0.717, 1.165) is 11.3 Å². The number of hydrogen-bond donors (Lipinski definition) is 1. The number of hydrogen-bond acceptors (Lipinski definition) is 3. The lowest BCUT2D eigenvalue weighted by Gasteiger charge is -2.20. The minimum atomic E-state index is -0.357. The first-order chi connectivity index (χ1) is 8.63. The van der Waals surface area contributed by atoms with Crippen LogP contribution >= 0.6 is 0 Å². The predicted molar refractivity (Wildman–Crippen MR) is 71.3 cm³/mol. The molecule has 0 saturated carbocycles. The molecule has 2 N–H and O–H groups in total. The Labute approximate surface area is 106 Å². The maximum Gasteiger partial charge on any atom is 0.170 e. The van der Waals surface area contributed by atoms with Gasteiger partial charge in [-0.3, -0.25) is 0 Å². The normalized spacial score (nSPS) is 10.4. The molecule has 2 aromatic rings. The molecule has 0 amide bonds. The monoisotopic (exact) mass is 245 g/mol. The molecule has 0 aliphatic carbocycles. The maximum absolute atomic E-state index is 14.1. The number of rotatable bonds is 3. The van der Waals surface area contributed by atoms with Crippen molar-refractivity contribution in [1.82, 2.24) is 4.98 Å². The molecular formula is C14H16FN3. The van der Waals surface area contributed by atoms with Gasteiger partial charge in [0.2, 0.25) is 0 Å². The maximum atomic E-state index is 14.1. The Kier molecular flexibility index (Phi) is 3.58. The molecule has 4 heteroatoms. The number of nitrogens with two attached hydrogens (primary N) is 1. The molecule has 0 unspecified atom stereocenters. The Morgan fingerprint density at radius 1 is 1.33 bits per heavy atom. The summed E-state index contributed by atoms with van der Waals surface area (Å²) in [5, 5.41) is 0. The van der Waals surface area contributed by atoms with E-state index in [-0.39, 0.29) is 12.4 Å². The number of benzene rings is 1. The van der Waals surface area contributed by atoms with Crippen molar-refractivity contribution >= 4 is 11.5 Å². The van der Waals surface area contributed by atoms with E-state index >= 15 is 0 Å². The van der Waals surface area contributed by atoms with E-state index in [1.807, 2.05) is 31.2 Å². The van der Waals surface area contributed by atoms with Crippen molar-refractivity contribution in [1.29, 1.82) is 0 Å². The van der Waals surface area contributed by atoms with Gasteiger partial charge < -0.3 is 10.6 Å². The van der Waals surface area contributed by atoms with Crippen molar-refractivity contribution in [3.05, 3.63) is 53.5 Å². The minimum Gasteiger partial charge on any atom is -0.327 e. The van der Waals surface area contributed by atoms with Crippen molar-refractivity contribution in [3.8, 4) is 0 Å². The Hall–Kier alpha value is -1.94. The van der Waals surface area contributed by atoms with E-state index in [2.05, 4.69) is 4.98 Å². The van der Waals surface area contributed by atoms with Crippen LogP contribution in [-0.4, -0.2) is 12.0 Å². The van der Waals surface area contributed by atoms with Crippen LogP contribution in [0.1, 0.15) is 11.1 Å². The molecule has 0 bridgehead atoms. The first kappa shape index (κ1) is 12.5.